The molecular weight excluding hydrogens is 394 g/mol. The predicted molar refractivity (Wildman–Crippen MR) is 103 cm³/mol. The van der Waals surface area contributed by atoms with Gasteiger partial charge in [0, 0.05) is 22.4 Å². The fourth-order valence-corrected chi connectivity index (χ4v) is 3.37. The van der Waals surface area contributed by atoms with Gasteiger partial charge < -0.3 is 14.1 Å². The van der Waals surface area contributed by atoms with Gasteiger partial charge in [0.05, 0.1) is 6.33 Å². The van der Waals surface area contributed by atoms with Crippen molar-refractivity contribution in [1.29, 1.82) is 0 Å². The molecule has 2 aromatic carbocycles. The van der Waals surface area contributed by atoms with Crippen molar-refractivity contribution in [2.75, 3.05) is 0 Å². The molecule has 4 rings (SSSR count). The number of benzene rings is 2. The second-order valence-electron chi connectivity index (χ2n) is 6.15. The van der Waals surface area contributed by atoms with E-state index in [-0.39, 0.29) is 12.1 Å². The van der Waals surface area contributed by atoms with E-state index in [1.165, 1.54) is 0 Å². The Bertz CT molecular complexity index is 907. The van der Waals surface area contributed by atoms with Crippen molar-refractivity contribution in [1.82, 2.24) is 9.55 Å². The van der Waals surface area contributed by atoms with Crippen LogP contribution < -0.4 is 4.74 Å². The lowest BCUT2D eigenvalue weighted by Crippen LogP contribution is -2.37. The molecule has 26 heavy (non-hydrogen) atoms. The number of imidazole rings is 1. The number of nitrogens with zero attached hydrogens (tertiary/aromatic N) is 3. The van der Waals surface area contributed by atoms with Gasteiger partial charge in [-0.3, -0.25) is 0 Å². The zero-order valence-corrected chi connectivity index (χ0v) is 15.8. The molecule has 0 radical (unpaired) electrons. The average molecular weight is 412 g/mol. The van der Waals surface area contributed by atoms with Gasteiger partial charge in [-0.2, -0.15) is 0 Å². The Morgan fingerprint density at radius 2 is 2.00 bits per heavy atom. The van der Waals surface area contributed by atoms with E-state index in [1.807, 2.05) is 66.2 Å². The summed E-state index contributed by atoms with van der Waals surface area (Å²) in [6.07, 6.45) is 5.37. The van der Waals surface area contributed by atoms with Gasteiger partial charge in [0.2, 0.25) is 0 Å². The highest BCUT2D eigenvalue weighted by atomic mass is 79.9. The SMILES string of the molecule is CC1Oc2ccccc2/C(=N/OCc2ccc(Br)cc2)C1n1ccnc1. The van der Waals surface area contributed by atoms with Crippen LogP contribution in [0.1, 0.15) is 24.1 Å². The van der Waals surface area contributed by atoms with Crippen LogP contribution in [0.3, 0.4) is 0 Å². The monoisotopic (exact) mass is 411 g/mol. The average Bonchev–Trinajstić information content (AvgIpc) is 3.17. The largest absolute Gasteiger partial charge is 0.487 e. The number of para-hydroxylation sites is 1. The number of hydrogen-bond donors (Lipinski definition) is 0. The molecule has 0 spiro atoms. The second-order valence-corrected chi connectivity index (χ2v) is 7.07. The van der Waals surface area contributed by atoms with Crippen LogP contribution in [0.2, 0.25) is 0 Å². The molecule has 1 aliphatic rings. The Morgan fingerprint density at radius 3 is 2.77 bits per heavy atom. The molecule has 0 amide bonds. The van der Waals surface area contributed by atoms with Crippen LogP contribution in [0.4, 0.5) is 0 Å². The Labute approximate surface area is 160 Å². The number of rotatable bonds is 4. The van der Waals surface area contributed by atoms with Crippen LogP contribution in [0.5, 0.6) is 5.75 Å². The number of aromatic nitrogens is 2. The molecule has 6 heteroatoms. The Kier molecular flexibility index (Phi) is 4.75. The van der Waals surface area contributed by atoms with Crippen molar-refractivity contribution in [2.24, 2.45) is 5.16 Å². The van der Waals surface area contributed by atoms with E-state index >= 15 is 0 Å². The van der Waals surface area contributed by atoms with Crippen LogP contribution in [0.25, 0.3) is 0 Å². The number of hydrogen-bond acceptors (Lipinski definition) is 4. The van der Waals surface area contributed by atoms with Gasteiger partial charge in [-0.15, -0.1) is 0 Å². The molecule has 0 bridgehead atoms. The van der Waals surface area contributed by atoms with Crippen LogP contribution in [-0.4, -0.2) is 21.4 Å². The first-order valence-corrected chi connectivity index (χ1v) is 9.19. The van der Waals surface area contributed by atoms with E-state index in [0.717, 1.165) is 27.1 Å². The summed E-state index contributed by atoms with van der Waals surface area (Å²) in [5.74, 6) is 0.822. The lowest BCUT2D eigenvalue weighted by Gasteiger charge is -2.33. The van der Waals surface area contributed by atoms with Crippen molar-refractivity contribution in [3.63, 3.8) is 0 Å². The first-order valence-electron chi connectivity index (χ1n) is 8.40. The molecule has 0 aliphatic carbocycles. The second kappa shape index (κ2) is 7.33. The molecule has 132 valence electrons. The summed E-state index contributed by atoms with van der Waals surface area (Å²) in [5, 5.41) is 4.51. The van der Waals surface area contributed by atoms with Crippen LogP contribution in [0.15, 0.2) is 76.9 Å². The Hall–Kier alpha value is -2.60. The summed E-state index contributed by atoms with van der Waals surface area (Å²) in [7, 11) is 0. The number of halogens is 1. The molecule has 1 aliphatic heterocycles. The van der Waals surface area contributed by atoms with E-state index in [0.29, 0.717) is 6.61 Å². The number of fused-ring (bicyclic) bond motifs is 1. The Morgan fingerprint density at radius 1 is 1.19 bits per heavy atom. The summed E-state index contributed by atoms with van der Waals surface area (Å²) >= 11 is 3.44. The van der Waals surface area contributed by atoms with E-state index in [9.17, 15) is 0 Å². The van der Waals surface area contributed by atoms with E-state index in [4.69, 9.17) is 9.57 Å². The minimum Gasteiger partial charge on any atom is -0.487 e. The smallest absolute Gasteiger partial charge is 0.142 e. The lowest BCUT2D eigenvalue weighted by atomic mass is 9.95. The molecule has 1 aromatic heterocycles. The highest BCUT2D eigenvalue weighted by Gasteiger charge is 2.34. The lowest BCUT2D eigenvalue weighted by molar-refractivity contribution is 0.122. The third-order valence-electron chi connectivity index (χ3n) is 4.35. The topological polar surface area (TPSA) is 48.6 Å². The minimum atomic E-state index is -0.0997. The predicted octanol–water partition coefficient (Wildman–Crippen LogP) is 4.59. The van der Waals surface area contributed by atoms with Gasteiger partial charge >= 0.3 is 0 Å². The van der Waals surface area contributed by atoms with Gasteiger partial charge in [-0.1, -0.05) is 45.4 Å². The quantitative estimate of drug-likeness (QED) is 0.589. The zero-order valence-electron chi connectivity index (χ0n) is 14.2. The third-order valence-corrected chi connectivity index (χ3v) is 4.88. The summed E-state index contributed by atoms with van der Waals surface area (Å²) in [6, 6.07) is 15.8. The molecule has 2 unspecified atom stereocenters. The van der Waals surface area contributed by atoms with Gasteiger partial charge in [-0.25, -0.2) is 4.98 Å². The van der Waals surface area contributed by atoms with E-state index in [2.05, 4.69) is 26.1 Å². The van der Waals surface area contributed by atoms with Crippen molar-refractivity contribution in [3.05, 3.63) is 82.9 Å². The van der Waals surface area contributed by atoms with Crippen LogP contribution >= 0.6 is 15.9 Å². The molecule has 2 atom stereocenters. The summed E-state index contributed by atoms with van der Waals surface area (Å²) < 4.78 is 9.13. The first kappa shape index (κ1) is 16.8. The molecule has 2 heterocycles. The number of ether oxygens (including phenoxy) is 1. The maximum Gasteiger partial charge on any atom is 0.142 e. The van der Waals surface area contributed by atoms with Crippen molar-refractivity contribution in [3.8, 4) is 5.75 Å². The molecule has 3 aromatic rings. The van der Waals surface area contributed by atoms with Crippen LogP contribution in [-0.2, 0) is 11.4 Å². The standard InChI is InChI=1S/C20H18BrN3O2/c1-14-20(24-11-10-22-13-24)19(17-4-2-3-5-18(17)26-14)23-25-12-15-6-8-16(21)9-7-15/h2-11,13-14,20H,12H2,1H3/b23-19-. The maximum atomic E-state index is 6.09. The zero-order chi connectivity index (χ0) is 17.9. The maximum absolute atomic E-state index is 6.09. The van der Waals surface area contributed by atoms with Gasteiger partial charge in [0.15, 0.2) is 0 Å². The van der Waals surface area contributed by atoms with Crippen molar-refractivity contribution < 1.29 is 9.57 Å². The van der Waals surface area contributed by atoms with E-state index < -0.39 is 0 Å². The van der Waals surface area contributed by atoms with Gasteiger partial charge in [0.25, 0.3) is 0 Å². The highest BCUT2D eigenvalue weighted by molar-refractivity contribution is 9.10. The van der Waals surface area contributed by atoms with E-state index in [1.54, 1.807) is 12.5 Å². The summed E-state index contributed by atoms with van der Waals surface area (Å²) in [6.45, 7) is 2.44. The minimum absolute atomic E-state index is 0.0888. The van der Waals surface area contributed by atoms with Crippen LogP contribution in [0, 0.1) is 0 Å². The van der Waals surface area contributed by atoms with Crippen molar-refractivity contribution >= 4 is 21.6 Å². The first-order chi connectivity index (χ1) is 12.7. The number of oxime groups is 1. The van der Waals surface area contributed by atoms with Gasteiger partial charge in [0.1, 0.15) is 30.2 Å². The molecule has 0 saturated carbocycles. The summed E-state index contributed by atoms with van der Waals surface area (Å²) in [5.41, 5.74) is 2.85. The Balaban J connectivity index is 1.65. The van der Waals surface area contributed by atoms with Gasteiger partial charge in [-0.05, 0) is 36.8 Å². The van der Waals surface area contributed by atoms with Crippen molar-refractivity contribution in [2.45, 2.75) is 25.7 Å². The molecule has 0 N–H and O–H groups in total. The molecular formula is C20H18BrN3O2. The normalized spacial score (nSPS) is 20.5. The fraction of sp³-hybridized carbons (Fsp3) is 0.200. The molecule has 0 saturated heterocycles. The third kappa shape index (κ3) is 3.37. The highest BCUT2D eigenvalue weighted by Crippen LogP contribution is 2.34. The molecule has 5 nitrogen and oxygen atoms in total. The summed E-state index contributed by atoms with van der Waals surface area (Å²) in [4.78, 5) is 9.88. The fourth-order valence-electron chi connectivity index (χ4n) is 3.11. The molecule has 0 fully saturated rings.